The number of nitrogens with one attached hydrogen (secondary N) is 1. The van der Waals surface area contributed by atoms with E-state index in [0.717, 1.165) is 35.8 Å². The summed E-state index contributed by atoms with van der Waals surface area (Å²) in [4.78, 5) is 26.5. The number of piperidine rings is 1. The number of amides is 2. The molecule has 0 spiro atoms. The number of halogens is 1. The summed E-state index contributed by atoms with van der Waals surface area (Å²) in [5, 5.41) is 3.03. The Hall–Kier alpha value is -1.36. The number of rotatable bonds is 6. The van der Waals surface area contributed by atoms with Gasteiger partial charge in [-0.1, -0.05) is 48.0 Å². The molecule has 0 unspecified atom stereocenters. The van der Waals surface area contributed by atoms with Gasteiger partial charge in [0.15, 0.2) is 0 Å². The summed E-state index contributed by atoms with van der Waals surface area (Å²) in [6.45, 7) is 6.40. The van der Waals surface area contributed by atoms with Gasteiger partial charge in [-0.15, -0.1) is 0 Å². The first-order chi connectivity index (χ1) is 11.5. The van der Waals surface area contributed by atoms with Crippen LogP contribution in [-0.2, 0) is 16.0 Å². The lowest BCUT2D eigenvalue weighted by Crippen LogP contribution is -2.43. The molecule has 1 aromatic rings. The van der Waals surface area contributed by atoms with Crippen molar-refractivity contribution in [2.75, 3.05) is 19.6 Å². The van der Waals surface area contributed by atoms with Crippen molar-refractivity contribution in [1.29, 1.82) is 0 Å². The normalized spacial score (nSPS) is 15.6. The zero-order chi connectivity index (χ0) is 17.5. The number of carbonyl (C=O) groups is 2. The van der Waals surface area contributed by atoms with E-state index < -0.39 is 0 Å². The van der Waals surface area contributed by atoms with E-state index in [4.69, 9.17) is 0 Å². The van der Waals surface area contributed by atoms with E-state index in [2.05, 4.69) is 35.1 Å². The smallest absolute Gasteiger partial charge is 0.227 e. The highest BCUT2D eigenvalue weighted by Crippen LogP contribution is 2.21. The van der Waals surface area contributed by atoms with E-state index in [1.54, 1.807) is 0 Å². The zero-order valence-electron chi connectivity index (χ0n) is 14.6. The minimum atomic E-state index is 0.0460. The van der Waals surface area contributed by atoms with Gasteiger partial charge in [0.05, 0.1) is 6.42 Å². The molecular weight excluding hydrogens is 368 g/mol. The van der Waals surface area contributed by atoms with Gasteiger partial charge in [-0.3, -0.25) is 9.59 Å². The fraction of sp³-hybridized carbons (Fsp3) is 0.579. The second kappa shape index (κ2) is 9.21. The maximum absolute atomic E-state index is 12.4. The first-order valence-corrected chi connectivity index (χ1v) is 9.55. The third kappa shape index (κ3) is 5.62. The summed E-state index contributed by atoms with van der Waals surface area (Å²) in [7, 11) is 0. The average Bonchev–Trinajstić information content (AvgIpc) is 2.56. The monoisotopic (exact) mass is 394 g/mol. The van der Waals surface area contributed by atoms with Crippen LogP contribution < -0.4 is 5.32 Å². The molecule has 1 aliphatic rings. The van der Waals surface area contributed by atoms with E-state index in [0.29, 0.717) is 25.4 Å². The number of benzene rings is 1. The molecule has 0 aliphatic carbocycles. The Kier molecular flexibility index (Phi) is 7.28. The molecule has 1 N–H and O–H groups in total. The molecule has 1 heterocycles. The molecule has 0 aromatic heterocycles. The van der Waals surface area contributed by atoms with Crippen molar-refractivity contribution in [3.05, 3.63) is 34.3 Å². The summed E-state index contributed by atoms with van der Waals surface area (Å²) in [6.07, 6.45) is 2.94. The Balaban J connectivity index is 1.76. The van der Waals surface area contributed by atoms with Crippen LogP contribution in [0.5, 0.6) is 0 Å². The van der Waals surface area contributed by atoms with Gasteiger partial charge in [-0.05, 0) is 36.8 Å². The first-order valence-electron chi connectivity index (χ1n) is 8.76. The largest absolute Gasteiger partial charge is 0.356 e. The molecule has 2 amide bonds. The van der Waals surface area contributed by atoms with Crippen molar-refractivity contribution in [1.82, 2.24) is 10.2 Å². The fourth-order valence-corrected chi connectivity index (χ4v) is 3.36. The van der Waals surface area contributed by atoms with Crippen molar-refractivity contribution in [2.24, 2.45) is 11.8 Å². The molecule has 24 heavy (non-hydrogen) atoms. The van der Waals surface area contributed by atoms with Crippen molar-refractivity contribution in [3.63, 3.8) is 0 Å². The van der Waals surface area contributed by atoms with Crippen LogP contribution in [0, 0.1) is 11.8 Å². The van der Waals surface area contributed by atoms with Crippen LogP contribution in [0.3, 0.4) is 0 Å². The molecule has 0 saturated carbocycles. The van der Waals surface area contributed by atoms with Gasteiger partial charge >= 0.3 is 0 Å². The zero-order valence-corrected chi connectivity index (χ0v) is 16.1. The van der Waals surface area contributed by atoms with Crippen molar-refractivity contribution < 1.29 is 9.59 Å². The quantitative estimate of drug-likeness (QED) is 0.803. The second-order valence-electron chi connectivity index (χ2n) is 6.90. The fourth-order valence-electron chi connectivity index (χ4n) is 2.94. The Bertz CT molecular complexity index is 566. The molecule has 0 bridgehead atoms. The number of carbonyl (C=O) groups excluding carboxylic acids is 2. The third-order valence-electron chi connectivity index (χ3n) is 4.54. The third-order valence-corrected chi connectivity index (χ3v) is 5.31. The lowest BCUT2D eigenvalue weighted by molar-refractivity contribution is -0.135. The average molecular weight is 395 g/mol. The van der Waals surface area contributed by atoms with E-state index in [1.165, 1.54) is 0 Å². The summed E-state index contributed by atoms with van der Waals surface area (Å²) < 4.78 is 0.970. The first kappa shape index (κ1) is 19.0. The Morgan fingerprint density at radius 2 is 1.92 bits per heavy atom. The molecule has 0 radical (unpaired) electrons. The standard InChI is InChI=1S/C19H27BrN2O2/c1-14(2)7-10-21-19(24)15-8-11-22(12-9-15)18(23)13-16-5-3-4-6-17(16)20/h3-6,14-15H,7-13H2,1-2H3,(H,21,24). The van der Waals surface area contributed by atoms with Gasteiger partial charge < -0.3 is 10.2 Å². The van der Waals surface area contributed by atoms with Gasteiger partial charge in [0, 0.05) is 30.0 Å². The number of hydrogen-bond acceptors (Lipinski definition) is 2. The SMILES string of the molecule is CC(C)CCNC(=O)C1CCN(C(=O)Cc2ccccc2Br)CC1. The molecular formula is C19H27BrN2O2. The van der Waals surface area contributed by atoms with E-state index in [9.17, 15) is 9.59 Å². The van der Waals surface area contributed by atoms with Crippen LogP contribution in [0.15, 0.2) is 28.7 Å². The minimum absolute atomic E-state index is 0.0460. The summed E-state index contributed by atoms with van der Waals surface area (Å²) >= 11 is 3.49. The van der Waals surface area contributed by atoms with Crippen LogP contribution in [0.25, 0.3) is 0 Å². The van der Waals surface area contributed by atoms with Crippen LogP contribution in [0.4, 0.5) is 0 Å². The van der Waals surface area contributed by atoms with Gasteiger partial charge in [-0.25, -0.2) is 0 Å². The molecule has 1 fully saturated rings. The van der Waals surface area contributed by atoms with Gasteiger partial charge in [0.2, 0.25) is 11.8 Å². The predicted octanol–water partition coefficient (Wildman–Crippen LogP) is 3.39. The van der Waals surface area contributed by atoms with Crippen LogP contribution in [0.1, 0.15) is 38.7 Å². The van der Waals surface area contributed by atoms with Gasteiger partial charge in [0.1, 0.15) is 0 Å². The minimum Gasteiger partial charge on any atom is -0.356 e. The van der Waals surface area contributed by atoms with E-state index in [-0.39, 0.29) is 17.7 Å². The van der Waals surface area contributed by atoms with E-state index in [1.807, 2.05) is 29.2 Å². The highest BCUT2D eigenvalue weighted by Gasteiger charge is 2.27. The molecule has 2 rings (SSSR count). The van der Waals surface area contributed by atoms with Crippen molar-refractivity contribution in [2.45, 2.75) is 39.5 Å². The molecule has 132 valence electrons. The molecule has 4 nitrogen and oxygen atoms in total. The molecule has 1 saturated heterocycles. The topological polar surface area (TPSA) is 49.4 Å². The summed E-state index contributed by atoms with van der Waals surface area (Å²) in [5.74, 6) is 0.931. The highest BCUT2D eigenvalue weighted by molar-refractivity contribution is 9.10. The molecule has 5 heteroatoms. The lowest BCUT2D eigenvalue weighted by atomic mass is 9.95. The Morgan fingerprint density at radius 3 is 2.54 bits per heavy atom. The number of hydrogen-bond donors (Lipinski definition) is 1. The second-order valence-corrected chi connectivity index (χ2v) is 7.75. The Labute approximate surface area is 153 Å². The number of nitrogens with zero attached hydrogens (tertiary/aromatic N) is 1. The molecule has 0 atom stereocenters. The number of likely N-dealkylation sites (tertiary alicyclic amines) is 1. The lowest BCUT2D eigenvalue weighted by Gasteiger charge is -2.31. The van der Waals surface area contributed by atoms with Crippen LogP contribution >= 0.6 is 15.9 Å². The van der Waals surface area contributed by atoms with Crippen molar-refractivity contribution >= 4 is 27.7 Å². The van der Waals surface area contributed by atoms with Crippen molar-refractivity contribution in [3.8, 4) is 0 Å². The summed E-state index contributed by atoms with van der Waals surface area (Å²) in [5.41, 5.74) is 1.01. The van der Waals surface area contributed by atoms with E-state index >= 15 is 0 Å². The highest BCUT2D eigenvalue weighted by atomic mass is 79.9. The predicted molar refractivity (Wildman–Crippen MR) is 99.6 cm³/mol. The molecule has 1 aromatic carbocycles. The maximum Gasteiger partial charge on any atom is 0.227 e. The van der Waals surface area contributed by atoms with Crippen LogP contribution in [0.2, 0.25) is 0 Å². The van der Waals surface area contributed by atoms with Gasteiger partial charge in [-0.2, -0.15) is 0 Å². The Morgan fingerprint density at radius 1 is 1.25 bits per heavy atom. The summed E-state index contributed by atoms with van der Waals surface area (Å²) in [6, 6.07) is 7.82. The van der Waals surface area contributed by atoms with Crippen LogP contribution in [-0.4, -0.2) is 36.3 Å². The molecule has 1 aliphatic heterocycles. The maximum atomic E-state index is 12.4. The van der Waals surface area contributed by atoms with Gasteiger partial charge in [0.25, 0.3) is 0 Å².